The third-order valence-corrected chi connectivity index (χ3v) is 7.22. The van der Waals surface area contributed by atoms with Crippen molar-refractivity contribution in [1.82, 2.24) is 25.7 Å². The van der Waals surface area contributed by atoms with Gasteiger partial charge in [0.1, 0.15) is 5.03 Å². The molecule has 2 N–H and O–H groups in total. The Morgan fingerprint density at radius 2 is 1.72 bits per heavy atom. The van der Waals surface area contributed by atoms with E-state index in [0.29, 0.717) is 24.0 Å². The molecule has 0 radical (unpaired) electrons. The molecule has 0 fully saturated rings. The summed E-state index contributed by atoms with van der Waals surface area (Å²) in [7, 11) is 0. The highest BCUT2D eigenvalue weighted by atomic mass is 32.2. The molecule has 7 nitrogen and oxygen atoms in total. The van der Waals surface area contributed by atoms with Crippen molar-refractivity contribution in [2.24, 2.45) is 0 Å². The van der Waals surface area contributed by atoms with Gasteiger partial charge in [-0.15, -0.1) is 10.2 Å². The van der Waals surface area contributed by atoms with Gasteiger partial charge in [-0.05, 0) is 42.7 Å². The molecule has 5 aromatic rings. The lowest BCUT2D eigenvalue weighted by Crippen LogP contribution is -2.35. The summed E-state index contributed by atoms with van der Waals surface area (Å²) in [6.07, 6.45) is 0.692. The van der Waals surface area contributed by atoms with Gasteiger partial charge in [0.25, 0.3) is 5.91 Å². The van der Waals surface area contributed by atoms with Crippen molar-refractivity contribution in [2.45, 2.75) is 30.2 Å². The second kappa shape index (κ2) is 9.47. The number of nitrogens with one attached hydrogen (secondary N) is 2. The largest absolute Gasteiger partial charge is 0.420 e. The second-order valence-corrected chi connectivity index (χ2v) is 9.69. The molecule has 6 rings (SSSR count). The van der Waals surface area contributed by atoms with E-state index in [2.05, 4.69) is 37.8 Å². The van der Waals surface area contributed by atoms with Gasteiger partial charge in [-0.2, -0.15) is 5.10 Å². The van der Waals surface area contributed by atoms with E-state index < -0.39 is 0 Å². The molecule has 1 amide bonds. The van der Waals surface area contributed by atoms with Crippen LogP contribution in [0.4, 0.5) is 0 Å². The number of aryl methyl sites for hydroxylation is 1. The smallest absolute Gasteiger partial charge is 0.252 e. The number of carbonyl (C=O) groups is 1. The van der Waals surface area contributed by atoms with Gasteiger partial charge in [0, 0.05) is 16.7 Å². The molecule has 1 atom stereocenters. The van der Waals surface area contributed by atoms with Crippen LogP contribution in [0.25, 0.3) is 22.6 Å². The maximum atomic E-state index is 12.8. The summed E-state index contributed by atoms with van der Waals surface area (Å²) in [5.41, 5.74) is 6.72. The van der Waals surface area contributed by atoms with Crippen molar-refractivity contribution in [1.29, 1.82) is 0 Å². The highest BCUT2D eigenvalue weighted by Crippen LogP contribution is 2.38. The molecule has 0 aliphatic carbocycles. The number of thioether (sulfide) groups is 1. The van der Waals surface area contributed by atoms with Crippen LogP contribution in [0.5, 0.6) is 0 Å². The predicted molar refractivity (Wildman–Crippen MR) is 138 cm³/mol. The Morgan fingerprint density at radius 1 is 0.944 bits per heavy atom. The zero-order chi connectivity index (χ0) is 24.5. The SMILES string of the molecule is Cc1ccc(-c2nnc(CSc3n[nH]c(C4Cc5ccccc5C(=O)N4)c3-c3ccccc3)o2)cc1. The lowest BCUT2D eigenvalue weighted by Gasteiger charge is -2.25. The number of hydrogen-bond acceptors (Lipinski definition) is 6. The number of rotatable bonds is 6. The quantitative estimate of drug-likeness (QED) is 0.292. The Morgan fingerprint density at radius 3 is 2.56 bits per heavy atom. The number of aromatic nitrogens is 4. The first-order valence-electron chi connectivity index (χ1n) is 11.7. The van der Waals surface area contributed by atoms with E-state index in [1.54, 1.807) is 0 Å². The van der Waals surface area contributed by atoms with Crippen LogP contribution in [-0.4, -0.2) is 26.3 Å². The van der Waals surface area contributed by atoms with E-state index in [9.17, 15) is 4.79 Å². The van der Waals surface area contributed by atoms with Crippen LogP contribution in [0, 0.1) is 6.92 Å². The minimum atomic E-state index is -0.207. The monoisotopic (exact) mass is 493 g/mol. The number of hydrogen-bond donors (Lipinski definition) is 2. The fourth-order valence-electron chi connectivity index (χ4n) is 4.43. The third kappa shape index (κ3) is 4.31. The first kappa shape index (κ1) is 22.3. The Bertz CT molecular complexity index is 1530. The molecule has 2 aromatic heterocycles. The van der Waals surface area contributed by atoms with E-state index in [1.165, 1.54) is 17.3 Å². The predicted octanol–water partition coefficient (Wildman–Crippen LogP) is 5.75. The number of fused-ring (bicyclic) bond motifs is 1. The summed E-state index contributed by atoms with van der Waals surface area (Å²) in [5.74, 6) is 1.43. The maximum absolute atomic E-state index is 12.8. The summed E-state index contributed by atoms with van der Waals surface area (Å²) in [6, 6.07) is 25.6. The molecule has 8 heteroatoms. The minimum absolute atomic E-state index is 0.0702. The average Bonchev–Trinajstić information content (AvgIpc) is 3.56. The topological polar surface area (TPSA) is 96.7 Å². The van der Waals surface area contributed by atoms with Crippen LogP contribution in [0.3, 0.4) is 0 Å². The van der Waals surface area contributed by atoms with Crippen LogP contribution in [0.1, 0.15) is 39.1 Å². The maximum Gasteiger partial charge on any atom is 0.252 e. The van der Waals surface area contributed by atoms with Gasteiger partial charge in [-0.1, -0.05) is 78.0 Å². The van der Waals surface area contributed by atoms with Gasteiger partial charge in [-0.3, -0.25) is 9.89 Å². The molecular weight excluding hydrogens is 470 g/mol. The zero-order valence-corrected chi connectivity index (χ0v) is 20.4. The summed E-state index contributed by atoms with van der Waals surface area (Å²) >= 11 is 1.53. The average molecular weight is 494 g/mol. The van der Waals surface area contributed by atoms with Crippen molar-refractivity contribution in [3.63, 3.8) is 0 Å². The van der Waals surface area contributed by atoms with Crippen LogP contribution in [-0.2, 0) is 12.2 Å². The molecule has 0 saturated heterocycles. The van der Waals surface area contributed by atoms with Crippen molar-refractivity contribution >= 4 is 17.7 Å². The number of carbonyl (C=O) groups excluding carboxylic acids is 1. The second-order valence-electron chi connectivity index (χ2n) is 8.73. The minimum Gasteiger partial charge on any atom is -0.420 e. The van der Waals surface area contributed by atoms with Crippen LogP contribution < -0.4 is 5.32 Å². The Labute approximate surface area is 212 Å². The molecule has 1 unspecified atom stereocenters. The number of benzene rings is 3. The van der Waals surface area contributed by atoms with E-state index in [4.69, 9.17) is 4.42 Å². The van der Waals surface area contributed by atoms with Crippen LogP contribution in [0.15, 0.2) is 88.3 Å². The van der Waals surface area contributed by atoms with E-state index in [-0.39, 0.29) is 11.9 Å². The van der Waals surface area contributed by atoms with Gasteiger partial charge >= 0.3 is 0 Å². The standard InChI is InChI=1S/C28H23N5O2S/c1-17-11-13-19(14-12-17)27-32-30-23(35-27)16-36-28-24(18-7-3-2-4-8-18)25(31-33-28)22-15-20-9-5-6-10-21(20)26(34)29-22/h2-14,22H,15-16H2,1H3,(H,29,34)(H,31,33). The van der Waals surface area contributed by atoms with Gasteiger partial charge in [-0.25, -0.2) is 0 Å². The molecule has 0 bridgehead atoms. The zero-order valence-electron chi connectivity index (χ0n) is 19.6. The summed E-state index contributed by atoms with van der Waals surface area (Å²) in [5, 5.41) is 20.3. The first-order valence-corrected chi connectivity index (χ1v) is 12.7. The Balaban J connectivity index is 1.28. The van der Waals surface area contributed by atoms with Gasteiger partial charge in [0.15, 0.2) is 0 Å². The van der Waals surface area contributed by atoms with Crippen LogP contribution >= 0.6 is 11.8 Å². The van der Waals surface area contributed by atoms with Crippen molar-refractivity contribution < 1.29 is 9.21 Å². The summed E-state index contributed by atoms with van der Waals surface area (Å²) in [6.45, 7) is 2.04. The van der Waals surface area contributed by atoms with Crippen molar-refractivity contribution in [2.75, 3.05) is 0 Å². The molecule has 0 spiro atoms. The Hall–Kier alpha value is -4.17. The summed E-state index contributed by atoms with van der Waals surface area (Å²) < 4.78 is 5.92. The summed E-state index contributed by atoms with van der Waals surface area (Å²) in [4.78, 5) is 12.8. The lowest BCUT2D eigenvalue weighted by molar-refractivity contribution is 0.0924. The third-order valence-electron chi connectivity index (χ3n) is 6.26. The normalized spacial score (nSPS) is 14.9. The number of aromatic amines is 1. The molecule has 36 heavy (non-hydrogen) atoms. The van der Waals surface area contributed by atoms with Gasteiger partial charge in [0.2, 0.25) is 11.8 Å². The highest BCUT2D eigenvalue weighted by molar-refractivity contribution is 7.98. The van der Waals surface area contributed by atoms with Crippen molar-refractivity contribution in [3.8, 4) is 22.6 Å². The fraction of sp³-hybridized carbons (Fsp3) is 0.143. The molecule has 0 saturated carbocycles. The highest BCUT2D eigenvalue weighted by Gasteiger charge is 2.30. The van der Waals surface area contributed by atoms with E-state index in [1.807, 2.05) is 73.7 Å². The fourth-order valence-corrected chi connectivity index (χ4v) is 5.29. The Kier molecular flexibility index (Phi) is 5.87. The molecule has 178 valence electrons. The number of H-pyrrole nitrogens is 1. The van der Waals surface area contributed by atoms with Crippen molar-refractivity contribution in [3.05, 3.63) is 107 Å². The van der Waals surface area contributed by atoms with Crippen LogP contribution in [0.2, 0.25) is 0 Å². The van der Waals surface area contributed by atoms with E-state index >= 15 is 0 Å². The number of amides is 1. The van der Waals surface area contributed by atoms with Gasteiger partial charge in [0.05, 0.1) is 17.5 Å². The lowest BCUT2D eigenvalue weighted by atomic mass is 9.91. The molecule has 3 heterocycles. The molecule has 1 aliphatic heterocycles. The molecule has 1 aliphatic rings. The molecule has 3 aromatic carbocycles. The first-order chi connectivity index (χ1) is 17.7. The van der Waals surface area contributed by atoms with E-state index in [0.717, 1.165) is 38.5 Å². The number of nitrogens with zero attached hydrogens (tertiary/aromatic N) is 3. The molecular formula is C28H23N5O2S. The van der Waals surface area contributed by atoms with Gasteiger partial charge < -0.3 is 9.73 Å².